The lowest BCUT2D eigenvalue weighted by molar-refractivity contribution is 0.0678. The minimum atomic E-state index is -1.07. The predicted molar refractivity (Wildman–Crippen MR) is 103 cm³/mol. The van der Waals surface area contributed by atoms with Gasteiger partial charge in [-0.1, -0.05) is 0 Å². The molecule has 0 saturated heterocycles. The van der Waals surface area contributed by atoms with Crippen LogP contribution in [0.5, 0.6) is 11.5 Å². The number of nitrogens with two attached hydrogens (primary N) is 1. The van der Waals surface area contributed by atoms with Gasteiger partial charge in [0.1, 0.15) is 17.1 Å². The van der Waals surface area contributed by atoms with Crippen LogP contribution in [0.15, 0.2) is 40.0 Å². The van der Waals surface area contributed by atoms with E-state index >= 15 is 0 Å². The highest BCUT2D eigenvalue weighted by Gasteiger charge is 2.23. The van der Waals surface area contributed by atoms with Crippen molar-refractivity contribution in [2.75, 3.05) is 25.1 Å². The van der Waals surface area contributed by atoms with Crippen LogP contribution < -0.4 is 20.5 Å². The Labute approximate surface area is 152 Å². The Morgan fingerprint density at radius 2 is 2.04 bits per heavy atom. The molecule has 2 rings (SSSR count). The smallest absolute Gasteiger partial charge is 0.193 e. The van der Waals surface area contributed by atoms with E-state index in [2.05, 4.69) is 10.3 Å². The molecule has 0 spiro atoms. The van der Waals surface area contributed by atoms with Gasteiger partial charge in [0, 0.05) is 6.07 Å². The number of rotatable bonds is 8. The Kier molecular flexibility index (Phi) is 6.66. The Morgan fingerprint density at radius 3 is 2.68 bits per heavy atom. The zero-order valence-corrected chi connectivity index (χ0v) is 15.6. The van der Waals surface area contributed by atoms with Crippen molar-refractivity contribution in [1.82, 2.24) is 0 Å². The van der Waals surface area contributed by atoms with Gasteiger partial charge in [-0.15, -0.1) is 0 Å². The summed E-state index contributed by atoms with van der Waals surface area (Å²) in [4.78, 5) is 4.27. The minimum Gasteiger partial charge on any atom is -0.494 e. The van der Waals surface area contributed by atoms with Gasteiger partial charge in [-0.05, 0) is 55.3 Å². The van der Waals surface area contributed by atoms with Gasteiger partial charge in [0.2, 0.25) is 0 Å². The number of guanidine groups is 1. The van der Waals surface area contributed by atoms with Crippen molar-refractivity contribution in [3.8, 4) is 11.5 Å². The maximum atomic E-state index is 10.5. The summed E-state index contributed by atoms with van der Waals surface area (Å²) in [6, 6.07) is 7.36. The molecule has 1 atom stereocenters. The van der Waals surface area contributed by atoms with Crippen molar-refractivity contribution in [3.63, 3.8) is 0 Å². The second kappa shape index (κ2) is 8.73. The Hall–Kier alpha value is -2.25. The monoisotopic (exact) mass is 363 g/mol. The van der Waals surface area contributed by atoms with Crippen LogP contribution in [0.25, 0.3) is 0 Å². The topological polar surface area (TPSA) is 89.1 Å². The van der Waals surface area contributed by atoms with E-state index in [1.165, 1.54) is 11.3 Å². The van der Waals surface area contributed by atoms with E-state index in [1.807, 2.05) is 48.9 Å². The first-order valence-electron chi connectivity index (χ1n) is 8.18. The van der Waals surface area contributed by atoms with Gasteiger partial charge in [0.15, 0.2) is 5.96 Å². The first kappa shape index (κ1) is 19.1. The molecule has 4 N–H and O–H groups in total. The van der Waals surface area contributed by atoms with Gasteiger partial charge in [-0.3, -0.25) is 0 Å². The van der Waals surface area contributed by atoms with Crippen LogP contribution in [0, 0.1) is 0 Å². The molecule has 0 fully saturated rings. The SMILES string of the molecule is CCOc1ccc(OCC)c(NC(N)=NCC(C)(O)c2ccsc2)c1. The first-order chi connectivity index (χ1) is 12.0. The van der Waals surface area contributed by atoms with E-state index in [-0.39, 0.29) is 12.5 Å². The second-order valence-corrected chi connectivity index (χ2v) is 6.42. The summed E-state index contributed by atoms with van der Waals surface area (Å²) in [5.41, 5.74) is 6.41. The molecule has 1 heterocycles. The number of thiophene rings is 1. The van der Waals surface area contributed by atoms with E-state index < -0.39 is 5.60 Å². The lowest BCUT2D eigenvalue weighted by Gasteiger charge is -2.20. The summed E-state index contributed by atoms with van der Waals surface area (Å²) in [5, 5.41) is 17.4. The first-order valence-corrected chi connectivity index (χ1v) is 9.12. The van der Waals surface area contributed by atoms with Crippen LogP contribution in [0.2, 0.25) is 0 Å². The van der Waals surface area contributed by atoms with Crippen molar-refractivity contribution in [2.45, 2.75) is 26.4 Å². The third-order valence-corrected chi connectivity index (χ3v) is 4.21. The van der Waals surface area contributed by atoms with Gasteiger partial charge in [0.25, 0.3) is 0 Å². The molecule has 0 saturated carbocycles. The molecular weight excluding hydrogens is 338 g/mol. The molecule has 0 aliphatic carbocycles. The number of aliphatic hydroxyl groups is 1. The predicted octanol–water partition coefficient (Wildman–Crippen LogP) is 3.18. The number of benzene rings is 1. The lowest BCUT2D eigenvalue weighted by atomic mass is 10.00. The van der Waals surface area contributed by atoms with Crippen molar-refractivity contribution in [2.24, 2.45) is 10.7 Å². The fourth-order valence-electron chi connectivity index (χ4n) is 2.22. The van der Waals surface area contributed by atoms with Crippen molar-refractivity contribution in [3.05, 3.63) is 40.6 Å². The summed E-state index contributed by atoms with van der Waals surface area (Å²) >= 11 is 1.53. The van der Waals surface area contributed by atoms with E-state index in [0.29, 0.717) is 30.4 Å². The number of ether oxygens (including phenoxy) is 2. The van der Waals surface area contributed by atoms with Crippen LogP contribution in [-0.2, 0) is 5.60 Å². The van der Waals surface area contributed by atoms with Gasteiger partial charge in [-0.2, -0.15) is 11.3 Å². The Morgan fingerprint density at radius 1 is 1.28 bits per heavy atom. The van der Waals surface area contributed by atoms with Crippen LogP contribution in [-0.4, -0.2) is 30.8 Å². The van der Waals surface area contributed by atoms with Gasteiger partial charge in [0.05, 0.1) is 25.4 Å². The molecule has 1 aromatic heterocycles. The molecule has 0 bridgehead atoms. The van der Waals surface area contributed by atoms with Gasteiger partial charge >= 0.3 is 0 Å². The fourth-order valence-corrected chi connectivity index (χ4v) is 3.01. The standard InChI is InChI=1S/C18H25N3O3S/c1-4-23-14-6-7-16(24-5-2)15(10-14)21-17(19)20-12-18(3,22)13-8-9-25-11-13/h6-11,22H,4-5,12H2,1-3H3,(H3,19,20,21). The normalized spacial score (nSPS) is 14.0. The summed E-state index contributed by atoms with van der Waals surface area (Å²) < 4.78 is 11.1. The molecule has 25 heavy (non-hydrogen) atoms. The van der Waals surface area contributed by atoms with E-state index in [0.717, 1.165) is 5.56 Å². The lowest BCUT2D eigenvalue weighted by Crippen LogP contribution is -2.29. The highest BCUT2D eigenvalue weighted by atomic mass is 32.1. The molecule has 0 radical (unpaired) electrons. The molecule has 2 aromatic rings. The average molecular weight is 363 g/mol. The van der Waals surface area contributed by atoms with Crippen LogP contribution >= 0.6 is 11.3 Å². The Balaban J connectivity index is 2.12. The maximum Gasteiger partial charge on any atom is 0.193 e. The minimum absolute atomic E-state index is 0.150. The fraction of sp³-hybridized carbons (Fsp3) is 0.389. The number of nitrogens with zero attached hydrogens (tertiary/aromatic N) is 1. The van der Waals surface area contributed by atoms with Crippen molar-refractivity contribution >= 4 is 23.0 Å². The quantitative estimate of drug-likeness (QED) is 0.495. The molecule has 1 aromatic carbocycles. The number of hydrogen-bond acceptors (Lipinski definition) is 5. The highest BCUT2D eigenvalue weighted by molar-refractivity contribution is 7.08. The molecule has 7 heteroatoms. The average Bonchev–Trinajstić information content (AvgIpc) is 3.11. The maximum absolute atomic E-state index is 10.5. The molecule has 1 unspecified atom stereocenters. The zero-order valence-electron chi connectivity index (χ0n) is 14.8. The van der Waals surface area contributed by atoms with Gasteiger partial charge in [-0.25, -0.2) is 4.99 Å². The highest BCUT2D eigenvalue weighted by Crippen LogP contribution is 2.29. The molecule has 136 valence electrons. The largest absolute Gasteiger partial charge is 0.494 e. The number of nitrogens with one attached hydrogen (secondary N) is 1. The third kappa shape index (κ3) is 5.37. The van der Waals surface area contributed by atoms with Crippen molar-refractivity contribution < 1.29 is 14.6 Å². The summed E-state index contributed by atoms with van der Waals surface area (Å²) in [6.07, 6.45) is 0. The summed E-state index contributed by atoms with van der Waals surface area (Å²) in [7, 11) is 0. The molecule has 0 aliphatic rings. The summed E-state index contributed by atoms with van der Waals surface area (Å²) in [5.74, 6) is 1.57. The molecule has 0 amide bonds. The molecular formula is C18H25N3O3S. The summed E-state index contributed by atoms with van der Waals surface area (Å²) in [6.45, 7) is 6.81. The van der Waals surface area contributed by atoms with E-state index in [9.17, 15) is 5.11 Å². The number of aliphatic imine (C=N–C) groups is 1. The molecule has 6 nitrogen and oxygen atoms in total. The van der Waals surface area contributed by atoms with Crippen LogP contribution in [0.1, 0.15) is 26.3 Å². The van der Waals surface area contributed by atoms with Crippen molar-refractivity contribution in [1.29, 1.82) is 0 Å². The van der Waals surface area contributed by atoms with Crippen LogP contribution in [0.4, 0.5) is 5.69 Å². The Bertz CT molecular complexity index is 700. The molecule has 0 aliphatic heterocycles. The van der Waals surface area contributed by atoms with Crippen LogP contribution in [0.3, 0.4) is 0 Å². The van der Waals surface area contributed by atoms with Gasteiger partial charge < -0.3 is 25.6 Å². The number of anilines is 1. The third-order valence-electron chi connectivity index (χ3n) is 3.52. The number of hydrogen-bond donors (Lipinski definition) is 3. The van der Waals surface area contributed by atoms with E-state index in [1.54, 1.807) is 6.92 Å². The second-order valence-electron chi connectivity index (χ2n) is 5.64. The van der Waals surface area contributed by atoms with E-state index in [4.69, 9.17) is 15.2 Å². The zero-order chi connectivity index (χ0) is 18.3.